The molecule has 1 rings (SSSR count). The molecule has 4 N–H and O–H groups in total. The van der Waals surface area contributed by atoms with Gasteiger partial charge in [-0.1, -0.05) is 0 Å². The zero-order chi connectivity index (χ0) is 12.3. The molecule has 0 fully saturated rings. The molecule has 0 saturated heterocycles. The minimum Gasteiger partial charge on any atom is -0.403 e. The molecular weight excluding hydrogens is 227 g/mol. The van der Waals surface area contributed by atoms with Crippen LogP contribution in [-0.2, 0) is 6.54 Å². The summed E-state index contributed by atoms with van der Waals surface area (Å²) in [5.74, 6) is -0.809. The number of rotatable bonds is 3. The zero-order valence-electron chi connectivity index (χ0n) is 7.91. The molecule has 0 saturated carbocycles. The summed E-state index contributed by atoms with van der Waals surface area (Å²) in [6.45, 7) is -0.251. The van der Waals surface area contributed by atoms with E-state index in [9.17, 15) is 18.0 Å². The number of hydrogen-bond donors (Lipinski definition) is 2. The Labute approximate surface area is 88.2 Å². The lowest BCUT2D eigenvalue weighted by molar-refractivity contribution is -0.275. The van der Waals surface area contributed by atoms with Crippen LogP contribution in [0.5, 0.6) is 5.75 Å². The van der Waals surface area contributed by atoms with E-state index in [1.54, 1.807) is 0 Å². The smallest absolute Gasteiger partial charge is 0.403 e. The molecule has 0 radical (unpaired) electrons. The number of ether oxygens (including phenoxy) is 1. The van der Waals surface area contributed by atoms with Crippen molar-refractivity contribution in [2.75, 3.05) is 5.73 Å². The van der Waals surface area contributed by atoms with E-state index >= 15 is 0 Å². The van der Waals surface area contributed by atoms with Gasteiger partial charge in [0.25, 0.3) is 0 Å². The van der Waals surface area contributed by atoms with E-state index in [1.165, 1.54) is 0 Å². The normalized spacial score (nSPS) is 11.2. The Morgan fingerprint density at radius 1 is 1.50 bits per heavy atom. The molecule has 5 nitrogen and oxygen atoms in total. The van der Waals surface area contributed by atoms with Crippen LogP contribution in [0.4, 0.5) is 19.0 Å². The van der Waals surface area contributed by atoms with E-state index in [4.69, 9.17) is 11.5 Å². The predicted molar refractivity (Wildman–Crippen MR) is 48.6 cm³/mol. The second-order valence-electron chi connectivity index (χ2n) is 2.79. The van der Waals surface area contributed by atoms with E-state index in [0.717, 1.165) is 6.07 Å². The average molecular weight is 235 g/mol. The Kier molecular flexibility index (Phi) is 3.33. The number of anilines is 1. The fourth-order valence-corrected chi connectivity index (χ4v) is 1.10. The monoisotopic (exact) mass is 235 g/mol. The number of alkyl halides is 3. The number of nitrogens with two attached hydrogens (primary N) is 2. The molecule has 0 amide bonds. The summed E-state index contributed by atoms with van der Waals surface area (Å²) in [4.78, 5) is 13.9. The van der Waals surface area contributed by atoms with Crippen LogP contribution in [0.1, 0.15) is 16.1 Å². The second-order valence-corrected chi connectivity index (χ2v) is 2.79. The summed E-state index contributed by atoms with van der Waals surface area (Å²) in [5, 5.41) is 0. The molecule has 0 aliphatic carbocycles. The quantitative estimate of drug-likeness (QED) is 0.757. The van der Waals surface area contributed by atoms with E-state index in [-0.39, 0.29) is 24.2 Å². The first-order valence-corrected chi connectivity index (χ1v) is 4.07. The highest BCUT2D eigenvalue weighted by atomic mass is 19.4. The summed E-state index contributed by atoms with van der Waals surface area (Å²) in [5.41, 5.74) is 9.93. The van der Waals surface area contributed by atoms with E-state index in [1.807, 2.05) is 0 Å². The van der Waals surface area contributed by atoms with Crippen LogP contribution < -0.4 is 16.2 Å². The van der Waals surface area contributed by atoms with Crippen molar-refractivity contribution < 1.29 is 22.7 Å². The highest BCUT2D eigenvalue weighted by Crippen LogP contribution is 2.29. The molecule has 0 unspecified atom stereocenters. The number of nitrogens with zero attached hydrogens (tertiary/aromatic N) is 1. The Hall–Kier alpha value is -1.83. The third-order valence-electron chi connectivity index (χ3n) is 1.65. The Balaban J connectivity index is 3.27. The highest BCUT2D eigenvalue weighted by Gasteiger charge is 2.33. The molecule has 1 heterocycles. The average Bonchev–Trinajstić information content (AvgIpc) is 2.18. The summed E-state index contributed by atoms with van der Waals surface area (Å²) in [7, 11) is 0. The summed E-state index contributed by atoms with van der Waals surface area (Å²) in [6, 6.07) is 1.12. The van der Waals surface area contributed by atoms with Crippen molar-refractivity contribution in [1.82, 2.24) is 4.98 Å². The number of halogens is 3. The molecule has 0 aromatic carbocycles. The van der Waals surface area contributed by atoms with Gasteiger partial charge >= 0.3 is 6.36 Å². The first-order valence-electron chi connectivity index (χ1n) is 4.07. The van der Waals surface area contributed by atoms with Gasteiger partial charge in [0.2, 0.25) is 0 Å². The molecule has 0 atom stereocenters. The Bertz CT molecular complexity index is 406. The van der Waals surface area contributed by atoms with Crippen LogP contribution in [0.15, 0.2) is 6.07 Å². The van der Waals surface area contributed by atoms with Crippen molar-refractivity contribution in [1.29, 1.82) is 0 Å². The summed E-state index contributed by atoms with van der Waals surface area (Å²) >= 11 is 0. The fraction of sp³-hybridized carbons (Fsp3) is 0.250. The molecule has 16 heavy (non-hydrogen) atoms. The van der Waals surface area contributed by atoms with Gasteiger partial charge in [-0.05, 0) is 6.07 Å². The van der Waals surface area contributed by atoms with Gasteiger partial charge in [0, 0.05) is 12.1 Å². The van der Waals surface area contributed by atoms with Crippen molar-refractivity contribution in [2.45, 2.75) is 12.9 Å². The number of carbonyl (C=O) groups excluding carboxylic acids is 1. The number of nitrogen functional groups attached to an aromatic ring is 1. The fourth-order valence-electron chi connectivity index (χ4n) is 1.10. The predicted octanol–water partition coefficient (Wildman–Crippen LogP) is 0.834. The molecule has 0 spiro atoms. The maximum Gasteiger partial charge on any atom is 0.573 e. The standard InChI is InChI=1S/C8H8F3N3O2/c9-8(10,11)16-7-4(2-12)1-6(13)14-5(7)3-15/h1,3H,2,12H2,(H2,13,14). The molecular formula is C8H8F3N3O2. The van der Waals surface area contributed by atoms with Gasteiger partial charge in [0.05, 0.1) is 0 Å². The molecule has 0 bridgehead atoms. The Morgan fingerprint density at radius 2 is 2.12 bits per heavy atom. The van der Waals surface area contributed by atoms with Gasteiger partial charge in [-0.2, -0.15) is 0 Å². The maximum absolute atomic E-state index is 12.0. The first-order chi connectivity index (χ1) is 7.37. The minimum atomic E-state index is -4.92. The van der Waals surface area contributed by atoms with Crippen LogP contribution in [0.25, 0.3) is 0 Å². The van der Waals surface area contributed by atoms with Crippen LogP contribution >= 0.6 is 0 Å². The van der Waals surface area contributed by atoms with Gasteiger partial charge in [-0.25, -0.2) is 4.98 Å². The van der Waals surface area contributed by atoms with Gasteiger partial charge in [0.1, 0.15) is 11.5 Å². The Morgan fingerprint density at radius 3 is 2.56 bits per heavy atom. The number of aldehydes is 1. The molecule has 1 aromatic rings. The van der Waals surface area contributed by atoms with Crippen molar-refractivity contribution >= 4 is 12.1 Å². The van der Waals surface area contributed by atoms with Gasteiger partial charge in [-0.15, -0.1) is 13.2 Å². The lowest BCUT2D eigenvalue weighted by Crippen LogP contribution is -2.20. The molecule has 8 heteroatoms. The van der Waals surface area contributed by atoms with E-state index < -0.39 is 17.8 Å². The number of hydrogen-bond acceptors (Lipinski definition) is 5. The number of pyridine rings is 1. The SMILES string of the molecule is NCc1cc(N)nc(C=O)c1OC(F)(F)F. The third kappa shape index (κ3) is 2.83. The van der Waals surface area contributed by atoms with E-state index in [0.29, 0.717) is 0 Å². The largest absolute Gasteiger partial charge is 0.573 e. The zero-order valence-corrected chi connectivity index (χ0v) is 7.91. The first kappa shape index (κ1) is 12.2. The van der Waals surface area contributed by atoms with Crippen molar-refractivity contribution in [3.8, 4) is 5.75 Å². The lowest BCUT2D eigenvalue weighted by Gasteiger charge is -2.14. The van der Waals surface area contributed by atoms with Crippen LogP contribution in [0.2, 0.25) is 0 Å². The van der Waals surface area contributed by atoms with Gasteiger partial charge in [-0.3, -0.25) is 4.79 Å². The second kappa shape index (κ2) is 4.35. The van der Waals surface area contributed by atoms with Crippen molar-refractivity contribution in [2.24, 2.45) is 5.73 Å². The topological polar surface area (TPSA) is 91.2 Å². The minimum absolute atomic E-state index is 0.0353. The van der Waals surface area contributed by atoms with Crippen LogP contribution in [0, 0.1) is 0 Å². The molecule has 0 aliphatic rings. The van der Waals surface area contributed by atoms with E-state index in [2.05, 4.69) is 9.72 Å². The third-order valence-corrected chi connectivity index (χ3v) is 1.65. The van der Waals surface area contributed by atoms with Crippen LogP contribution in [0.3, 0.4) is 0 Å². The van der Waals surface area contributed by atoms with Crippen molar-refractivity contribution in [3.63, 3.8) is 0 Å². The summed E-state index contributed by atoms with van der Waals surface area (Å²) in [6.07, 6.45) is -4.80. The number of aromatic nitrogens is 1. The molecule has 88 valence electrons. The van der Waals surface area contributed by atoms with Gasteiger partial charge < -0.3 is 16.2 Å². The highest BCUT2D eigenvalue weighted by molar-refractivity contribution is 5.78. The summed E-state index contributed by atoms with van der Waals surface area (Å²) < 4.78 is 39.8. The van der Waals surface area contributed by atoms with Gasteiger partial charge in [0.15, 0.2) is 12.0 Å². The van der Waals surface area contributed by atoms with Crippen LogP contribution in [-0.4, -0.2) is 17.6 Å². The number of carbonyl (C=O) groups is 1. The maximum atomic E-state index is 12.0. The van der Waals surface area contributed by atoms with Crippen molar-refractivity contribution in [3.05, 3.63) is 17.3 Å². The molecule has 0 aliphatic heterocycles. The molecule has 1 aromatic heterocycles. The lowest BCUT2D eigenvalue weighted by atomic mass is 10.2.